The highest BCUT2D eigenvalue weighted by Gasteiger charge is 2.15. The second kappa shape index (κ2) is 7.63. The van der Waals surface area contributed by atoms with Crippen LogP contribution in [0, 0.1) is 6.92 Å². The Morgan fingerprint density at radius 3 is 2.48 bits per heavy atom. The molecule has 0 saturated heterocycles. The molecule has 0 unspecified atom stereocenters. The van der Waals surface area contributed by atoms with Gasteiger partial charge in [0.1, 0.15) is 11.6 Å². The number of aromatic amines is 1. The number of benzene rings is 2. The summed E-state index contributed by atoms with van der Waals surface area (Å²) in [5.41, 5.74) is 3.35. The highest BCUT2D eigenvalue weighted by atomic mass is 16.3. The molecule has 0 aliphatic carbocycles. The Kier molecular flexibility index (Phi) is 4.87. The highest BCUT2D eigenvalue weighted by Crippen LogP contribution is 2.17. The first kappa shape index (κ1) is 18.5. The number of rotatable bonds is 5. The van der Waals surface area contributed by atoms with E-state index in [1.807, 2.05) is 31.2 Å². The smallest absolute Gasteiger partial charge is 0.259 e. The molecular formula is C22H20N4O3. The number of hydrogen-bond acceptors (Lipinski definition) is 4. The van der Waals surface area contributed by atoms with Gasteiger partial charge in [0.15, 0.2) is 0 Å². The van der Waals surface area contributed by atoms with Crippen LogP contribution in [0.3, 0.4) is 0 Å². The number of carbonyl (C=O) groups is 2. The fraction of sp³-hybridized carbons (Fsp3) is 0.136. The largest absolute Gasteiger partial charge is 0.469 e. The summed E-state index contributed by atoms with van der Waals surface area (Å²) in [6.45, 7) is 3.60. The number of nitrogens with zero attached hydrogens (tertiary/aromatic N) is 1. The Balaban J connectivity index is 1.41. The fourth-order valence-corrected chi connectivity index (χ4v) is 3.05. The number of furan rings is 1. The Morgan fingerprint density at radius 1 is 1.03 bits per heavy atom. The van der Waals surface area contributed by atoms with Crippen molar-refractivity contribution < 1.29 is 14.0 Å². The molecule has 0 saturated carbocycles. The first-order chi connectivity index (χ1) is 14.0. The van der Waals surface area contributed by atoms with E-state index in [2.05, 4.69) is 20.6 Å². The number of imidazole rings is 1. The van der Waals surface area contributed by atoms with Crippen LogP contribution in [0.4, 0.5) is 5.69 Å². The number of carbonyl (C=O) groups excluding carboxylic acids is 2. The Morgan fingerprint density at radius 2 is 1.79 bits per heavy atom. The number of aromatic nitrogens is 2. The molecule has 146 valence electrons. The van der Waals surface area contributed by atoms with Crippen LogP contribution in [0.2, 0.25) is 0 Å². The Hall–Kier alpha value is -3.87. The SMILES string of the molecule is Cc1occc1C(=O)Nc1ccc(C(=O)N[C@@H](C)c2nc3ccccc3[nH]2)cc1. The van der Waals surface area contributed by atoms with E-state index in [1.54, 1.807) is 37.3 Å². The molecule has 1 atom stereocenters. The van der Waals surface area contributed by atoms with Crippen molar-refractivity contribution in [1.82, 2.24) is 15.3 Å². The maximum Gasteiger partial charge on any atom is 0.259 e. The van der Waals surface area contributed by atoms with Gasteiger partial charge in [-0.2, -0.15) is 0 Å². The second-order valence-electron chi connectivity index (χ2n) is 6.76. The van der Waals surface area contributed by atoms with E-state index in [0.717, 1.165) is 11.0 Å². The molecule has 2 aromatic heterocycles. The van der Waals surface area contributed by atoms with Gasteiger partial charge in [-0.25, -0.2) is 4.98 Å². The first-order valence-corrected chi connectivity index (χ1v) is 9.22. The topological polar surface area (TPSA) is 100 Å². The predicted molar refractivity (Wildman–Crippen MR) is 110 cm³/mol. The van der Waals surface area contributed by atoms with Crippen LogP contribution in [0.1, 0.15) is 45.3 Å². The summed E-state index contributed by atoms with van der Waals surface area (Å²) in [4.78, 5) is 32.5. The van der Waals surface area contributed by atoms with Crippen molar-refractivity contribution >= 4 is 28.5 Å². The molecule has 29 heavy (non-hydrogen) atoms. The van der Waals surface area contributed by atoms with Crippen molar-refractivity contribution in [3.8, 4) is 0 Å². The van der Waals surface area contributed by atoms with Gasteiger partial charge in [0.2, 0.25) is 0 Å². The van der Waals surface area contributed by atoms with Crippen molar-refractivity contribution in [2.45, 2.75) is 19.9 Å². The molecule has 0 bridgehead atoms. The van der Waals surface area contributed by atoms with Gasteiger partial charge in [-0.15, -0.1) is 0 Å². The molecule has 7 nitrogen and oxygen atoms in total. The number of fused-ring (bicyclic) bond motifs is 1. The second-order valence-corrected chi connectivity index (χ2v) is 6.76. The summed E-state index contributed by atoms with van der Waals surface area (Å²) in [5, 5.41) is 5.72. The molecule has 0 radical (unpaired) electrons. The van der Waals surface area contributed by atoms with Crippen molar-refractivity contribution in [3.05, 3.63) is 83.6 Å². The van der Waals surface area contributed by atoms with Gasteiger partial charge in [-0.05, 0) is 56.3 Å². The lowest BCUT2D eigenvalue weighted by molar-refractivity contribution is 0.0938. The Labute approximate surface area is 167 Å². The molecule has 2 heterocycles. The fourth-order valence-electron chi connectivity index (χ4n) is 3.05. The maximum atomic E-state index is 12.6. The minimum absolute atomic E-state index is 0.221. The van der Waals surface area contributed by atoms with Crippen LogP contribution in [0.5, 0.6) is 0 Å². The Bertz CT molecular complexity index is 1140. The van der Waals surface area contributed by atoms with Crippen molar-refractivity contribution in [2.24, 2.45) is 0 Å². The lowest BCUT2D eigenvalue weighted by Gasteiger charge is -2.12. The maximum absolute atomic E-state index is 12.6. The third kappa shape index (κ3) is 3.89. The lowest BCUT2D eigenvalue weighted by atomic mass is 10.1. The number of H-pyrrole nitrogens is 1. The van der Waals surface area contributed by atoms with Gasteiger partial charge < -0.3 is 20.0 Å². The number of para-hydroxylation sites is 2. The third-order valence-corrected chi connectivity index (χ3v) is 4.67. The van der Waals surface area contributed by atoms with Gasteiger partial charge in [0.25, 0.3) is 11.8 Å². The van der Waals surface area contributed by atoms with E-state index in [-0.39, 0.29) is 17.9 Å². The number of amides is 2. The molecular weight excluding hydrogens is 368 g/mol. The van der Waals surface area contributed by atoms with Crippen molar-refractivity contribution in [2.75, 3.05) is 5.32 Å². The van der Waals surface area contributed by atoms with Crippen LogP contribution >= 0.6 is 0 Å². The van der Waals surface area contributed by atoms with Gasteiger partial charge in [0.05, 0.1) is 28.9 Å². The van der Waals surface area contributed by atoms with E-state index in [4.69, 9.17) is 4.42 Å². The minimum atomic E-state index is -0.279. The summed E-state index contributed by atoms with van der Waals surface area (Å²) in [6, 6.07) is 15.8. The standard InChI is InChI=1S/C22H20N4O3/c1-13(20-25-18-5-3-4-6-19(18)26-20)23-21(27)15-7-9-16(10-8-15)24-22(28)17-11-12-29-14(17)2/h3-13H,1-2H3,(H,23,27)(H,24,28)(H,25,26)/t13-/m0/s1. The lowest BCUT2D eigenvalue weighted by Crippen LogP contribution is -2.27. The zero-order valence-electron chi connectivity index (χ0n) is 16.0. The zero-order chi connectivity index (χ0) is 20.4. The van der Waals surface area contributed by atoms with E-state index >= 15 is 0 Å². The average molecular weight is 388 g/mol. The number of anilines is 1. The van der Waals surface area contributed by atoms with E-state index in [9.17, 15) is 9.59 Å². The molecule has 0 spiro atoms. The molecule has 0 aliphatic rings. The van der Waals surface area contributed by atoms with Crippen LogP contribution in [-0.4, -0.2) is 21.8 Å². The van der Waals surface area contributed by atoms with E-state index in [0.29, 0.717) is 28.4 Å². The quantitative estimate of drug-likeness (QED) is 0.477. The molecule has 4 aromatic rings. The first-order valence-electron chi connectivity index (χ1n) is 9.22. The molecule has 4 rings (SSSR count). The van der Waals surface area contributed by atoms with Crippen molar-refractivity contribution in [3.63, 3.8) is 0 Å². The molecule has 3 N–H and O–H groups in total. The predicted octanol–water partition coefficient (Wildman–Crippen LogP) is 4.21. The van der Waals surface area contributed by atoms with Gasteiger partial charge in [-0.3, -0.25) is 9.59 Å². The van der Waals surface area contributed by atoms with Gasteiger partial charge in [-0.1, -0.05) is 12.1 Å². The van der Waals surface area contributed by atoms with Crippen LogP contribution in [0.15, 0.2) is 65.3 Å². The summed E-state index contributed by atoms with van der Waals surface area (Å²) in [6.07, 6.45) is 1.47. The molecule has 2 amide bonds. The third-order valence-electron chi connectivity index (χ3n) is 4.67. The average Bonchev–Trinajstić information content (AvgIpc) is 3.34. The summed E-state index contributed by atoms with van der Waals surface area (Å²) >= 11 is 0. The number of aryl methyl sites for hydroxylation is 1. The van der Waals surface area contributed by atoms with Crippen LogP contribution < -0.4 is 10.6 Å². The molecule has 0 aliphatic heterocycles. The zero-order valence-corrected chi connectivity index (χ0v) is 16.0. The number of nitrogens with one attached hydrogen (secondary N) is 3. The van der Waals surface area contributed by atoms with Gasteiger partial charge >= 0.3 is 0 Å². The van der Waals surface area contributed by atoms with E-state index < -0.39 is 0 Å². The normalized spacial score (nSPS) is 11.9. The van der Waals surface area contributed by atoms with E-state index in [1.165, 1.54) is 6.26 Å². The monoisotopic (exact) mass is 388 g/mol. The van der Waals surface area contributed by atoms with Crippen molar-refractivity contribution in [1.29, 1.82) is 0 Å². The minimum Gasteiger partial charge on any atom is -0.469 e. The molecule has 2 aromatic carbocycles. The summed E-state index contributed by atoms with van der Waals surface area (Å²) < 4.78 is 5.15. The van der Waals surface area contributed by atoms with Crippen LogP contribution in [-0.2, 0) is 0 Å². The molecule has 0 fully saturated rings. The number of hydrogen-bond donors (Lipinski definition) is 3. The highest BCUT2D eigenvalue weighted by molar-refractivity contribution is 6.05. The molecule has 7 heteroatoms. The summed E-state index contributed by atoms with van der Waals surface area (Å²) in [7, 11) is 0. The summed E-state index contributed by atoms with van der Waals surface area (Å²) in [5.74, 6) is 0.769. The van der Waals surface area contributed by atoms with Gasteiger partial charge in [0, 0.05) is 11.3 Å². The van der Waals surface area contributed by atoms with Crippen LogP contribution in [0.25, 0.3) is 11.0 Å².